The summed E-state index contributed by atoms with van der Waals surface area (Å²) in [5.74, 6) is 1.30. The number of nitrogens with zero attached hydrogens (tertiary/aromatic N) is 4. The lowest BCUT2D eigenvalue weighted by Crippen LogP contribution is -2.37. The number of halogens is 1. The number of thioether (sulfide) groups is 1. The fourth-order valence-corrected chi connectivity index (χ4v) is 4.28. The molecule has 6 nitrogen and oxygen atoms in total. The molecule has 0 amide bonds. The third kappa shape index (κ3) is 4.02. The van der Waals surface area contributed by atoms with Crippen LogP contribution in [0.5, 0.6) is 0 Å². The van der Waals surface area contributed by atoms with Crippen molar-refractivity contribution in [3.63, 3.8) is 0 Å². The minimum absolute atomic E-state index is 0.248. The summed E-state index contributed by atoms with van der Waals surface area (Å²) < 4.78 is 27.0. The average molecular weight is 378 g/mol. The molecule has 0 unspecified atom stereocenters. The Hall–Kier alpha value is -1.64. The highest BCUT2D eigenvalue weighted by atomic mass is 32.2. The summed E-state index contributed by atoms with van der Waals surface area (Å²) in [4.78, 5) is 2.14. The van der Waals surface area contributed by atoms with E-state index in [9.17, 15) is 4.39 Å². The van der Waals surface area contributed by atoms with E-state index >= 15 is 0 Å². The molecule has 140 valence electrons. The minimum atomic E-state index is -0.268. The van der Waals surface area contributed by atoms with Crippen molar-refractivity contribution in [1.82, 2.24) is 14.8 Å². The zero-order chi connectivity index (χ0) is 17.8. The number of rotatable bonds is 5. The van der Waals surface area contributed by atoms with Crippen molar-refractivity contribution in [3.8, 4) is 5.69 Å². The van der Waals surface area contributed by atoms with Gasteiger partial charge >= 0.3 is 0 Å². The fourth-order valence-electron chi connectivity index (χ4n) is 3.27. The molecule has 0 radical (unpaired) electrons. The molecule has 0 bridgehead atoms. The van der Waals surface area contributed by atoms with Crippen molar-refractivity contribution in [2.24, 2.45) is 0 Å². The highest BCUT2D eigenvalue weighted by molar-refractivity contribution is 7.99. The van der Waals surface area contributed by atoms with Crippen LogP contribution in [0.2, 0.25) is 0 Å². The Kier molecular flexibility index (Phi) is 5.72. The second-order valence-corrected chi connectivity index (χ2v) is 7.48. The highest BCUT2D eigenvalue weighted by Crippen LogP contribution is 2.29. The van der Waals surface area contributed by atoms with E-state index in [1.165, 1.54) is 18.6 Å². The van der Waals surface area contributed by atoms with Crippen LogP contribution in [-0.4, -0.2) is 59.5 Å². The molecule has 2 saturated heterocycles. The second kappa shape index (κ2) is 8.37. The molecule has 2 fully saturated rings. The molecule has 2 aliphatic heterocycles. The Balaban J connectivity index is 1.61. The van der Waals surface area contributed by atoms with Crippen LogP contribution in [0.25, 0.3) is 5.69 Å². The molecule has 26 heavy (non-hydrogen) atoms. The Morgan fingerprint density at radius 2 is 2.04 bits per heavy atom. The van der Waals surface area contributed by atoms with E-state index in [0.717, 1.165) is 55.1 Å². The Morgan fingerprint density at radius 1 is 1.15 bits per heavy atom. The molecular weight excluding hydrogens is 355 g/mol. The number of morpholine rings is 1. The van der Waals surface area contributed by atoms with Crippen LogP contribution in [0.3, 0.4) is 0 Å². The van der Waals surface area contributed by atoms with Gasteiger partial charge in [0.15, 0.2) is 5.16 Å². The highest BCUT2D eigenvalue weighted by Gasteiger charge is 2.23. The van der Waals surface area contributed by atoms with Crippen LogP contribution >= 0.6 is 11.8 Å². The molecule has 8 heteroatoms. The lowest BCUT2D eigenvalue weighted by Gasteiger charge is -2.28. The van der Waals surface area contributed by atoms with Crippen LogP contribution in [0.4, 0.5) is 10.3 Å². The van der Waals surface area contributed by atoms with Gasteiger partial charge in [0.25, 0.3) is 0 Å². The molecule has 2 aromatic rings. The standard InChI is InChI=1S/C18H23FN4O2S/c19-14-4-3-5-15(12-14)23-17(22-7-10-24-11-8-22)20-21-18(23)26-13-16-6-1-2-9-25-16/h3-5,12,16H,1-2,6-11,13H2/t16-/m0/s1. The fraction of sp³-hybridized carbons (Fsp3) is 0.556. The number of benzene rings is 1. The molecule has 0 aliphatic carbocycles. The van der Waals surface area contributed by atoms with E-state index in [1.807, 2.05) is 10.6 Å². The van der Waals surface area contributed by atoms with Crippen LogP contribution in [0.15, 0.2) is 29.4 Å². The molecule has 1 aromatic carbocycles. The first-order valence-electron chi connectivity index (χ1n) is 9.10. The summed E-state index contributed by atoms with van der Waals surface area (Å²) in [5.41, 5.74) is 0.739. The maximum absolute atomic E-state index is 13.8. The van der Waals surface area contributed by atoms with Crippen molar-refractivity contribution < 1.29 is 13.9 Å². The van der Waals surface area contributed by atoms with Gasteiger partial charge in [-0.25, -0.2) is 4.39 Å². The van der Waals surface area contributed by atoms with E-state index in [4.69, 9.17) is 9.47 Å². The van der Waals surface area contributed by atoms with Gasteiger partial charge in [-0.15, -0.1) is 10.2 Å². The number of anilines is 1. The van der Waals surface area contributed by atoms with Crippen molar-refractivity contribution >= 4 is 17.7 Å². The predicted octanol–water partition coefficient (Wildman–Crippen LogP) is 2.90. The van der Waals surface area contributed by atoms with Crippen molar-refractivity contribution in [1.29, 1.82) is 0 Å². The number of hydrogen-bond donors (Lipinski definition) is 0. The first-order chi connectivity index (χ1) is 12.8. The third-order valence-corrected chi connectivity index (χ3v) is 5.71. The van der Waals surface area contributed by atoms with Crippen LogP contribution in [0, 0.1) is 5.82 Å². The smallest absolute Gasteiger partial charge is 0.232 e. The van der Waals surface area contributed by atoms with Gasteiger partial charge in [0.2, 0.25) is 5.95 Å². The van der Waals surface area contributed by atoms with Crippen LogP contribution in [-0.2, 0) is 9.47 Å². The Morgan fingerprint density at radius 3 is 2.81 bits per heavy atom. The van der Waals surface area contributed by atoms with Gasteiger partial charge in [0.1, 0.15) is 5.82 Å². The van der Waals surface area contributed by atoms with Crippen molar-refractivity contribution in [2.75, 3.05) is 43.6 Å². The van der Waals surface area contributed by atoms with Gasteiger partial charge in [-0.2, -0.15) is 0 Å². The molecule has 0 N–H and O–H groups in total. The lowest BCUT2D eigenvalue weighted by molar-refractivity contribution is 0.0315. The summed E-state index contributed by atoms with van der Waals surface area (Å²) in [5, 5.41) is 9.58. The molecule has 1 atom stereocenters. The van der Waals surface area contributed by atoms with E-state index in [2.05, 4.69) is 15.1 Å². The molecule has 2 aliphatic rings. The van der Waals surface area contributed by atoms with Gasteiger partial charge < -0.3 is 14.4 Å². The molecule has 0 saturated carbocycles. The minimum Gasteiger partial charge on any atom is -0.378 e. The maximum atomic E-state index is 13.8. The van der Waals surface area contributed by atoms with E-state index < -0.39 is 0 Å². The predicted molar refractivity (Wildman–Crippen MR) is 98.7 cm³/mol. The maximum Gasteiger partial charge on any atom is 0.232 e. The number of hydrogen-bond acceptors (Lipinski definition) is 6. The van der Waals surface area contributed by atoms with Gasteiger partial charge in [-0.05, 0) is 37.5 Å². The average Bonchev–Trinajstić information content (AvgIpc) is 3.12. The molecular formula is C18H23FN4O2S. The van der Waals surface area contributed by atoms with Gasteiger partial charge in [0, 0.05) is 25.4 Å². The summed E-state index contributed by atoms with van der Waals surface area (Å²) in [6, 6.07) is 6.57. The number of ether oxygens (including phenoxy) is 2. The summed E-state index contributed by atoms with van der Waals surface area (Å²) in [7, 11) is 0. The summed E-state index contributed by atoms with van der Waals surface area (Å²) >= 11 is 1.62. The Labute approximate surface area is 156 Å². The molecule has 3 heterocycles. The van der Waals surface area contributed by atoms with Gasteiger partial charge in [-0.1, -0.05) is 17.8 Å². The topological polar surface area (TPSA) is 52.4 Å². The lowest BCUT2D eigenvalue weighted by atomic mass is 10.1. The van der Waals surface area contributed by atoms with E-state index in [0.29, 0.717) is 13.2 Å². The van der Waals surface area contributed by atoms with Crippen LogP contribution < -0.4 is 4.90 Å². The first-order valence-corrected chi connectivity index (χ1v) is 10.1. The second-order valence-electron chi connectivity index (χ2n) is 6.50. The summed E-state index contributed by atoms with van der Waals surface area (Å²) in [6.07, 6.45) is 3.68. The normalized spacial score (nSPS) is 21.1. The quantitative estimate of drug-likeness (QED) is 0.746. The molecule has 4 rings (SSSR count). The van der Waals surface area contributed by atoms with Crippen LogP contribution in [0.1, 0.15) is 19.3 Å². The zero-order valence-corrected chi connectivity index (χ0v) is 15.5. The Bertz CT molecular complexity index is 730. The first kappa shape index (κ1) is 17.8. The van der Waals surface area contributed by atoms with Crippen molar-refractivity contribution in [2.45, 2.75) is 30.5 Å². The largest absolute Gasteiger partial charge is 0.378 e. The van der Waals surface area contributed by atoms with Crippen molar-refractivity contribution in [3.05, 3.63) is 30.1 Å². The SMILES string of the molecule is Fc1cccc(-n2c(SC[C@@H]3CCCCO3)nnc2N2CCOCC2)c1. The third-order valence-electron chi connectivity index (χ3n) is 4.65. The van der Waals surface area contributed by atoms with Gasteiger partial charge in [-0.3, -0.25) is 4.57 Å². The zero-order valence-electron chi connectivity index (χ0n) is 14.6. The summed E-state index contributed by atoms with van der Waals surface area (Å²) in [6.45, 7) is 3.66. The van der Waals surface area contributed by atoms with E-state index in [1.54, 1.807) is 17.8 Å². The molecule has 1 aromatic heterocycles. The van der Waals surface area contributed by atoms with E-state index in [-0.39, 0.29) is 11.9 Å². The van der Waals surface area contributed by atoms with Gasteiger partial charge in [0.05, 0.1) is 25.0 Å². The monoisotopic (exact) mass is 378 g/mol. The molecule has 0 spiro atoms. The number of aromatic nitrogens is 3.